The Labute approximate surface area is 99.0 Å². The van der Waals surface area contributed by atoms with Gasteiger partial charge in [0.05, 0.1) is 7.11 Å². The van der Waals surface area contributed by atoms with E-state index in [2.05, 4.69) is 31.3 Å². The summed E-state index contributed by atoms with van der Waals surface area (Å²) in [5, 5.41) is 3.27. The molecule has 0 aliphatic rings. The van der Waals surface area contributed by atoms with Crippen LogP contribution < -0.4 is 10.1 Å². The zero-order valence-corrected chi connectivity index (χ0v) is 10.8. The summed E-state index contributed by atoms with van der Waals surface area (Å²) in [4.78, 5) is 0. The van der Waals surface area contributed by atoms with E-state index in [4.69, 9.17) is 4.74 Å². The standard InChI is InChI=1S/C14H23NO/c1-11(2)13(10-15-3)9-12-7-5-6-8-14(12)16-4/h5-8,11,13,15H,9-10H2,1-4H3. The Kier molecular flexibility index (Phi) is 5.33. The van der Waals surface area contributed by atoms with E-state index < -0.39 is 0 Å². The van der Waals surface area contributed by atoms with Gasteiger partial charge in [-0.2, -0.15) is 0 Å². The van der Waals surface area contributed by atoms with Crippen LogP contribution in [-0.2, 0) is 6.42 Å². The number of rotatable bonds is 6. The van der Waals surface area contributed by atoms with Gasteiger partial charge in [0.15, 0.2) is 0 Å². The zero-order valence-electron chi connectivity index (χ0n) is 10.8. The number of para-hydroxylation sites is 1. The van der Waals surface area contributed by atoms with Crippen molar-refractivity contribution < 1.29 is 4.74 Å². The van der Waals surface area contributed by atoms with Crippen molar-refractivity contribution in [2.45, 2.75) is 20.3 Å². The summed E-state index contributed by atoms with van der Waals surface area (Å²) >= 11 is 0. The first kappa shape index (κ1) is 13.0. The number of nitrogens with one attached hydrogen (secondary N) is 1. The molecule has 0 aliphatic carbocycles. The fourth-order valence-corrected chi connectivity index (χ4v) is 1.96. The Morgan fingerprint density at radius 3 is 2.50 bits per heavy atom. The molecule has 0 bridgehead atoms. The fraction of sp³-hybridized carbons (Fsp3) is 0.571. The molecule has 16 heavy (non-hydrogen) atoms. The van der Waals surface area contributed by atoms with E-state index in [0.717, 1.165) is 18.7 Å². The van der Waals surface area contributed by atoms with Crippen LogP contribution in [0.15, 0.2) is 24.3 Å². The Balaban J connectivity index is 2.76. The van der Waals surface area contributed by atoms with Gasteiger partial charge in [-0.25, -0.2) is 0 Å². The maximum Gasteiger partial charge on any atom is 0.122 e. The Morgan fingerprint density at radius 2 is 1.94 bits per heavy atom. The highest BCUT2D eigenvalue weighted by Gasteiger charge is 2.15. The first-order valence-corrected chi connectivity index (χ1v) is 5.95. The van der Waals surface area contributed by atoms with Crippen LogP contribution in [0.4, 0.5) is 0 Å². The van der Waals surface area contributed by atoms with Crippen molar-refractivity contribution in [1.82, 2.24) is 5.32 Å². The number of methoxy groups -OCH3 is 1. The molecular formula is C14H23NO. The van der Waals surface area contributed by atoms with E-state index in [9.17, 15) is 0 Å². The van der Waals surface area contributed by atoms with Gasteiger partial charge in [-0.05, 0) is 43.5 Å². The zero-order chi connectivity index (χ0) is 12.0. The topological polar surface area (TPSA) is 21.3 Å². The Morgan fingerprint density at radius 1 is 1.25 bits per heavy atom. The first-order chi connectivity index (χ1) is 7.69. The van der Waals surface area contributed by atoms with Crippen molar-refractivity contribution in [3.8, 4) is 5.75 Å². The van der Waals surface area contributed by atoms with Crippen molar-refractivity contribution >= 4 is 0 Å². The number of ether oxygens (including phenoxy) is 1. The third kappa shape index (κ3) is 3.53. The maximum absolute atomic E-state index is 5.38. The van der Waals surface area contributed by atoms with Crippen LogP contribution in [0.3, 0.4) is 0 Å². The van der Waals surface area contributed by atoms with Gasteiger partial charge in [-0.15, -0.1) is 0 Å². The molecule has 0 heterocycles. The van der Waals surface area contributed by atoms with E-state index >= 15 is 0 Å². The molecule has 0 aliphatic heterocycles. The van der Waals surface area contributed by atoms with Gasteiger partial charge in [0.2, 0.25) is 0 Å². The molecule has 1 unspecified atom stereocenters. The van der Waals surface area contributed by atoms with Gasteiger partial charge in [-0.3, -0.25) is 0 Å². The van der Waals surface area contributed by atoms with Gasteiger partial charge in [0.25, 0.3) is 0 Å². The SMILES string of the molecule is CNCC(Cc1ccccc1OC)C(C)C. The molecule has 1 atom stereocenters. The number of hydrogen-bond acceptors (Lipinski definition) is 2. The fourth-order valence-electron chi connectivity index (χ4n) is 1.96. The second-order valence-electron chi connectivity index (χ2n) is 4.58. The first-order valence-electron chi connectivity index (χ1n) is 5.95. The lowest BCUT2D eigenvalue weighted by molar-refractivity contribution is 0.358. The molecule has 0 fully saturated rings. The summed E-state index contributed by atoms with van der Waals surface area (Å²) in [5.74, 6) is 2.34. The number of hydrogen-bond donors (Lipinski definition) is 1. The van der Waals surface area contributed by atoms with E-state index in [1.165, 1.54) is 5.56 Å². The van der Waals surface area contributed by atoms with E-state index in [1.807, 2.05) is 19.2 Å². The van der Waals surface area contributed by atoms with Crippen molar-refractivity contribution in [3.63, 3.8) is 0 Å². The maximum atomic E-state index is 5.38. The number of benzene rings is 1. The van der Waals surface area contributed by atoms with E-state index in [1.54, 1.807) is 7.11 Å². The van der Waals surface area contributed by atoms with Gasteiger partial charge < -0.3 is 10.1 Å². The molecule has 2 nitrogen and oxygen atoms in total. The largest absolute Gasteiger partial charge is 0.496 e. The minimum atomic E-state index is 0.654. The lowest BCUT2D eigenvalue weighted by Crippen LogP contribution is -2.25. The van der Waals surface area contributed by atoms with Gasteiger partial charge in [-0.1, -0.05) is 32.0 Å². The predicted molar refractivity (Wildman–Crippen MR) is 69.0 cm³/mol. The quantitative estimate of drug-likeness (QED) is 0.797. The summed E-state index contributed by atoms with van der Waals surface area (Å²) < 4.78 is 5.38. The van der Waals surface area contributed by atoms with Crippen molar-refractivity contribution in [2.75, 3.05) is 20.7 Å². The molecule has 2 heteroatoms. The van der Waals surface area contributed by atoms with Crippen LogP contribution in [0.5, 0.6) is 5.75 Å². The minimum absolute atomic E-state index is 0.654. The summed E-state index contributed by atoms with van der Waals surface area (Å²) in [6, 6.07) is 8.29. The highest BCUT2D eigenvalue weighted by atomic mass is 16.5. The molecule has 1 rings (SSSR count). The normalized spacial score (nSPS) is 12.8. The molecular weight excluding hydrogens is 198 g/mol. The molecule has 0 aromatic heterocycles. The van der Waals surface area contributed by atoms with Crippen LogP contribution in [0.25, 0.3) is 0 Å². The summed E-state index contributed by atoms with van der Waals surface area (Å²) in [6.45, 7) is 5.60. The molecule has 0 radical (unpaired) electrons. The van der Waals surface area contributed by atoms with Crippen LogP contribution in [0.2, 0.25) is 0 Å². The lowest BCUT2D eigenvalue weighted by atomic mass is 9.89. The van der Waals surface area contributed by atoms with Crippen molar-refractivity contribution in [3.05, 3.63) is 29.8 Å². The van der Waals surface area contributed by atoms with E-state index in [0.29, 0.717) is 11.8 Å². The average Bonchev–Trinajstić information content (AvgIpc) is 2.29. The van der Waals surface area contributed by atoms with Gasteiger partial charge in [0.1, 0.15) is 5.75 Å². The van der Waals surface area contributed by atoms with Crippen molar-refractivity contribution in [2.24, 2.45) is 11.8 Å². The highest BCUT2D eigenvalue weighted by molar-refractivity contribution is 5.33. The van der Waals surface area contributed by atoms with Crippen LogP contribution >= 0.6 is 0 Å². The third-order valence-corrected chi connectivity index (χ3v) is 3.08. The second-order valence-corrected chi connectivity index (χ2v) is 4.58. The molecule has 0 spiro atoms. The summed E-state index contributed by atoms with van der Waals surface area (Å²) in [5.41, 5.74) is 1.30. The molecule has 0 saturated heterocycles. The van der Waals surface area contributed by atoms with E-state index in [-0.39, 0.29) is 0 Å². The van der Waals surface area contributed by atoms with Gasteiger partial charge >= 0.3 is 0 Å². The molecule has 1 aromatic carbocycles. The second kappa shape index (κ2) is 6.54. The molecule has 1 aromatic rings. The molecule has 0 saturated carbocycles. The Hall–Kier alpha value is -1.02. The third-order valence-electron chi connectivity index (χ3n) is 3.08. The average molecular weight is 221 g/mol. The van der Waals surface area contributed by atoms with Crippen molar-refractivity contribution in [1.29, 1.82) is 0 Å². The van der Waals surface area contributed by atoms with Gasteiger partial charge in [0, 0.05) is 0 Å². The lowest BCUT2D eigenvalue weighted by Gasteiger charge is -2.21. The highest BCUT2D eigenvalue weighted by Crippen LogP contribution is 2.23. The summed E-state index contributed by atoms with van der Waals surface area (Å²) in [7, 11) is 3.75. The molecule has 1 N–H and O–H groups in total. The minimum Gasteiger partial charge on any atom is -0.496 e. The monoisotopic (exact) mass is 221 g/mol. The molecule has 90 valence electrons. The predicted octanol–water partition coefficient (Wildman–Crippen LogP) is 2.73. The summed E-state index contributed by atoms with van der Waals surface area (Å²) in [6.07, 6.45) is 1.07. The van der Waals surface area contributed by atoms with Crippen LogP contribution in [-0.4, -0.2) is 20.7 Å². The Bertz CT molecular complexity index is 309. The van der Waals surface area contributed by atoms with Crippen LogP contribution in [0.1, 0.15) is 19.4 Å². The smallest absolute Gasteiger partial charge is 0.122 e. The van der Waals surface area contributed by atoms with Crippen LogP contribution in [0, 0.1) is 11.8 Å². The molecule has 0 amide bonds.